The third-order valence-corrected chi connectivity index (χ3v) is 5.33. The second-order valence-corrected chi connectivity index (χ2v) is 7.68. The number of anilines is 1. The zero-order valence-corrected chi connectivity index (χ0v) is 16.1. The summed E-state index contributed by atoms with van der Waals surface area (Å²) in [6.07, 6.45) is 0. The first kappa shape index (κ1) is 19.5. The topological polar surface area (TPSA) is 85.4 Å². The Hall–Kier alpha value is -1.84. The monoisotopic (exact) mass is 382 g/mol. The minimum atomic E-state index is -0.252. The third-order valence-electron chi connectivity index (χ3n) is 3.26. The minimum Gasteiger partial charge on any atom is -0.497 e. The number of methoxy groups -OCH3 is 2. The minimum absolute atomic E-state index is 0.0371. The van der Waals surface area contributed by atoms with E-state index in [2.05, 4.69) is 20.8 Å². The zero-order valence-electron chi connectivity index (χ0n) is 14.4. The molecule has 1 amide bonds. The molecular weight excluding hydrogens is 360 g/mol. The van der Waals surface area contributed by atoms with Crippen LogP contribution in [0.4, 0.5) is 5.13 Å². The summed E-state index contributed by atoms with van der Waals surface area (Å²) >= 11 is 2.82. The van der Waals surface area contributed by atoms with Gasteiger partial charge in [-0.05, 0) is 24.6 Å². The van der Waals surface area contributed by atoms with E-state index in [9.17, 15) is 4.79 Å². The molecule has 2 aromatic rings. The fourth-order valence-electron chi connectivity index (χ4n) is 1.87. The molecule has 25 heavy (non-hydrogen) atoms. The summed E-state index contributed by atoms with van der Waals surface area (Å²) in [5.74, 6) is 0.759. The number of hydrogen-bond donors (Lipinski definition) is 2. The lowest BCUT2D eigenvalue weighted by molar-refractivity contribution is -0.120. The molecule has 1 atom stereocenters. The molecule has 0 saturated heterocycles. The van der Waals surface area contributed by atoms with Crippen molar-refractivity contribution in [2.24, 2.45) is 0 Å². The second kappa shape index (κ2) is 10.2. The Balaban J connectivity index is 1.77. The van der Waals surface area contributed by atoms with Crippen molar-refractivity contribution >= 4 is 34.1 Å². The Kier molecular flexibility index (Phi) is 7.96. The van der Waals surface area contributed by atoms with Crippen molar-refractivity contribution < 1.29 is 14.3 Å². The molecule has 7 nitrogen and oxygen atoms in total. The van der Waals surface area contributed by atoms with Crippen molar-refractivity contribution in [3.63, 3.8) is 0 Å². The molecule has 136 valence electrons. The summed E-state index contributed by atoms with van der Waals surface area (Å²) in [5, 5.41) is 14.7. The van der Waals surface area contributed by atoms with Crippen molar-refractivity contribution in [3.8, 4) is 5.75 Å². The number of nitrogens with zero attached hydrogens (tertiary/aromatic N) is 2. The lowest BCUT2D eigenvalue weighted by atomic mass is 10.2. The van der Waals surface area contributed by atoms with Crippen LogP contribution in [-0.2, 0) is 16.1 Å². The second-order valence-electron chi connectivity index (χ2n) is 5.12. The maximum Gasteiger partial charge on any atom is 0.233 e. The summed E-state index contributed by atoms with van der Waals surface area (Å²) in [7, 11) is 3.27. The predicted octanol–water partition coefficient (Wildman–Crippen LogP) is 2.40. The molecule has 0 aliphatic rings. The lowest BCUT2D eigenvalue weighted by Gasteiger charge is -2.10. The molecule has 1 aromatic heterocycles. The van der Waals surface area contributed by atoms with Gasteiger partial charge < -0.3 is 20.1 Å². The number of carbonyl (C=O) groups is 1. The van der Waals surface area contributed by atoms with Crippen LogP contribution in [0.5, 0.6) is 5.75 Å². The Morgan fingerprint density at radius 2 is 2.04 bits per heavy atom. The molecular formula is C16H22N4O3S2. The van der Waals surface area contributed by atoms with E-state index in [0.717, 1.165) is 20.8 Å². The SMILES string of the molecule is COCCNc1nnc(SC(C)C(=O)NCc2ccc(OC)cc2)s1. The van der Waals surface area contributed by atoms with Crippen LogP contribution in [-0.4, -0.2) is 48.7 Å². The Labute approximate surface area is 155 Å². The highest BCUT2D eigenvalue weighted by molar-refractivity contribution is 8.02. The quantitative estimate of drug-likeness (QED) is 0.482. The first-order chi connectivity index (χ1) is 12.1. The smallest absolute Gasteiger partial charge is 0.233 e. The van der Waals surface area contributed by atoms with Gasteiger partial charge in [0.2, 0.25) is 11.0 Å². The van der Waals surface area contributed by atoms with Crippen LogP contribution in [0.3, 0.4) is 0 Å². The van der Waals surface area contributed by atoms with E-state index in [4.69, 9.17) is 9.47 Å². The molecule has 0 bridgehead atoms. The predicted molar refractivity (Wildman–Crippen MR) is 100 cm³/mol. The van der Waals surface area contributed by atoms with Crippen LogP contribution in [0, 0.1) is 0 Å². The summed E-state index contributed by atoms with van der Waals surface area (Å²) in [4.78, 5) is 12.2. The van der Waals surface area contributed by atoms with Crippen molar-refractivity contribution in [2.45, 2.75) is 23.1 Å². The maximum absolute atomic E-state index is 12.2. The van der Waals surface area contributed by atoms with E-state index >= 15 is 0 Å². The van der Waals surface area contributed by atoms with Crippen LogP contribution in [0.1, 0.15) is 12.5 Å². The van der Waals surface area contributed by atoms with E-state index in [-0.39, 0.29) is 11.2 Å². The van der Waals surface area contributed by atoms with Crippen LogP contribution in [0.25, 0.3) is 0 Å². The van der Waals surface area contributed by atoms with Gasteiger partial charge in [0.15, 0.2) is 4.34 Å². The highest BCUT2D eigenvalue weighted by Gasteiger charge is 2.17. The molecule has 0 aliphatic heterocycles. The first-order valence-corrected chi connectivity index (χ1v) is 9.45. The van der Waals surface area contributed by atoms with E-state index in [1.165, 1.54) is 23.1 Å². The molecule has 2 rings (SSSR count). The van der Waals surface area contributed by atoms with Crippen LogP contribution in [0.2, 0.25) is 0 Å². The molecule has 0 aliphatic carbocycles. The van der Waals surface area contributed by atoms with Gasteiger partial charge in [-0.2, -0.15) is 0 Å². The van der Waals surface area contributed by atoms with Crippen LogP contribution in [0.15, 0.2) is 28.6 Å². The standard InChI is InChI=1S/C16H22N4O3S2/c1-11(24-16-20-19-15(25-16)17-8-9-22-2)14(21)18-10-12-4-6-13(23-3)7-5-12/h4-7,11H,8-10H2,1-3H3,(H,17,19)(H,18,21). The summed E-state index contributed by atoms with van der Waals surface area (Å²) in [6.45, 7) is 3.61. The van der Waals surface area contributed by atoms with Crippen LogP contribution >= 0.6 is 23.1 Å². The van der Waals surface area contributed by atoms with Gasteiger partial charge in [0, 0.05) is 20.2 Å². The number of carbonyl (C=O) groups excluding carboxylic acids is 1. The molecule has 1 aromatic carbocycles. The molecule has 0 saturated carbocycles. The van der Waals surface area contributed by atoms with E-state index < -0.39 is 0 Å². The number of ether oxygens (including phenoxy) is 2. The zero-order chi connectivity index (χ0) is 18.1. The van der Waals surface area contributed by atoms with E-state index in [1.807, 2.05) is 31.2 Å². The number of amides is 1. The molecule has 9 heteroatoms. The molecule has 1 heterocycles. The van der Waals surface area contributed by atoms with Crippen molar-refractivity contribution in [3.05, 3.63) is 29.8 Å². The van der Waals surface area contributed by atoms with E-state index in [1.54, 1.807) is 14.2 Å². The highest BCUT2D eigenvalue weighted by Crippen LogP contribution is 2.28. The van der Waals surface area contributed by atoms with Gasteiger partial charge in [-0.25, -0.2) is 0 Å². The normalized spacial score (nSPS) is 11.8. The van der Waals surface area contributed by atoms with E-state index in [0.29, 0.717) is 19.7 Å². The van der Waals surface area contributed by atoms with Crippen molar-refractivity contribution in [2.75, 3.05) is 32.7 Å². The first-order valence-electron chi connectivity index (χ1n) is 7.76. The van der Waals surface area contributed by atoms with Gasteiger partial charge in [0.1, 0.15) is 5.75 Å². The number of hydrogen-bond acceptors (Lipinski definition) is 8. The van der Waals surface area contributed by atoms with Gasteiger partial charge in [0.25, 0.3) is 0 Å². The van der Waals surface area contributed by atoms with Gasteiger partial charge in [-0.3, -0.25) is 4.79 Å². The average molecular weight is 383 g/mol. The number of benzene rings is 1. The molecule has 2 N–H and O–H groups in total. The third kappa shape index (κ3) is 6.52. The largest absolute Gasteiger partial charge is 0.497 e. The van der Waals surface area contributed by atoms with Crippen molar-refractivity contribution in [1.29, 1.82) is 0 Å². The molecule has 0 fully saturated rings. The number of nitrogens with one attached hydrogen (secondary N) is 2. The van der Waals surface area contributed by atoms with Crippen LogP contribution < -0.4 is 15.4 Å². The lowest BCUT2D eigenvalue weighted by Crippen LogP contribution is -2.30. The van der Waals surface area contributed by atoms with Crippen molar-refractivity contribution in [1.82, 2.24) is 15.5 Å². The number of aromatic nitrogens is 2. The Morgan fingerprint density at radius 1 is 1.28 bits per heavy atom. The number of thioether (sulfide) groups is 1. The fraction of sp³-hybridized carbons (Fsp3) is 0.438. The van der Waals surface area contributed by atoms with Gasteiger partial charge in [0.05, 0.1) is 19.0 Å². The Morgan fingerprint density at radius 3 is 2.72 bits per heavy atom. The van der Waals surface area contributed by atoms with Gasteiger partial charge >= 0.3 is 0 Å². The average Bonchev–Trinajstić information content (AvgIpc) is 3.07. The molecule has 1 unspecified atom stereocenters. The van der Waals surface area contributed by atoms with Gasteiger partial charge in [-0.15, -0.1) is 10.2 Å². The maximum atomic E-state index is 12.2. The van der Waals surface area contributed by atoms with Gasteiger partial charge in [-0.1, -0.05) is 35.2 Å². The Bertz CT molecular complexity index is 664. The fourth-order valence-corrected chi connectivity index (χ4v) is 3.82. The number of rotatable bonds is 10. The summed E-state index contributed by atoms with van der Waals surface area (Å²) in [6, 6.07) is 7.61. The summed E-state index contributed by atoms with van der Waals surface area (Å²) in [5.41, 5.74) is 1.02. The molecule has 0 radical (unpaired) electrons. The molecule has 0 spiro atoms. The highest BCUT2D eigenvalue weighted by atomic mass is 32.2. The summed E-state index contributed by atoms with van der Waals surface area (Å²) < 4.78 is 10.8.